The molecule has 0 spiro atoms. The Morgan fingerprint density at radius 2 is 2.00 bits per heavy atom. The van der Waals surface area contributed by atoms with Gasteiger partial charge in [0.1, 0.15) is 5.75 Å². The molecule has 0 unspecified atom stereocenters. The molecule has 2 aromatic carbocycles. The summed E-state index contributed by atoms with van der Waals surface area (Å²) in [6.45, 7) is 6.81. The molecule has 2 aromatic rings. The van der Waals surface area contributed by atoms with Crippen molar-refractivity contribution in [2.45, 2.75) is 13.5 Å². The van der Waals surface area contributed by atoms with E-state index in [0.29, 0.717) is 13.2 Å². The summed E-state index contributed by atoms with van der Waals surface area (Å²) >= 11 is 0. The molecular formula is C14H15NO. The molecule has 0 saturated heterocycles. The predicted octanol–water partition coefficient (Wildman–Crippen LogP) is 3.44. The van der Waals surface area contributed by atoms with E-state index in [1.165, 1.54) is 10.8 Å². The highest BCUT2D eigenvalue weighted by molar-refractivity contribution is 5.87. The Bertz CT molecular complexity index is 505. The average molecular weight is 213 g/mol. The molecule has 2 rings (SSSR count). The summed E-state index contributed by atoms with van der Waals surface area (Å²) < 4.78 is 5.61. The summed E-state index contributed by atoms with van der Waals surface area (Å²) in [5.41, 5.74) is 1.12. The summed E-state index contributed by atoms with van der Waals surface area (Å²) in [6, 6.07) is 12.3. The third-order valence-electron chi connectivity index (χ3n) is 2.57. The van der Waals surface area contributed by atoms with Gasteiger partial charge in [0.15, 0.2) is 0 Å². The Labute approximate surface area is 95.6 Å². The lowest BCUT2D eigenvalue weighted by atomic mass is 10.0. The number of hydrogen-bond donors (Lipinski definition) is 0. The van der Waals surface area contributed by atoms with E-state index in [1.807, 2.05) is 25.1 Å². The zero-order valence-electron chi connectivity index (χ0n) is 9.44. The van der Waals surface area contributed by atoms with Crippen LogP contribution in [0.1, 0.15) is 12.5 Å². The van der Waals surface area contributed by atoms with Crippen LogP contribution < -0.4 is 4.74 Å². The van der Waals surface area contributed by atoms with Gasteiger partial charge in [0, 0.05) is 5.56 Å². The van der Waals surface area contributed by atoms with Gasteiger partial charge in [0.05, 0.1) is 13.2 Å². The molecule has 0 amide bonds. The van der Waals surface area contributed by atoms with Crippen LogP contribution in [0.15, 0.2) is 41.4 Å². The van der Waals surface area contributed by atoms with E-state index in [4.69, 9.17) is 4.74 Å². The van der Waals surface area contributed by atoms with Crippen molar-refractivity contribution in [1.82, 2.24) is 0 Å². The zero-order valence-corrected chi connectivity index (χ0v) is 9.44. The Kier molecular flexibility index (Phi) is 3.20. The van der Waals surface area contributed by atoms with Gasteiger partial charge >= 0.3 is 0 Å². The van der Waals surface area contributed by atoms with Crippen LogP contribution in [0.4, 0.5) is 0 Å². The van der Waals surface area contributed by atoms with Crippen LogP contribution in [0.5, 0.6) is 5.75 Å². The molecule has 0 heterocycles. The lowest BCUT2D eigenvalue weighted by Gasteiger charge is -2.11. The average Bonchev–Trinajstić information content (AvgIpc) is 2.32. The largest absolute Gasteiger partial charge is 0.494 e. The molecule has 0 N–H and O–H groups in total. The van der Waals surface area contributed by atoms with Crippen LogP contribution in [-0.4, -0.2) is 13.3 Å². The standard InChI is InChI=1S/C14H15NO/c1-3-16-14-9-8-11-6-4-5-7-12(11)13(14)10-15-2/h4-9H,2-3,10H2,1H3. The molecular weight excluding hydrogens is 198 g/mol. The summed E-state index contributed by atoms with van der Waals surface area (Å²) in [4.78, 5) is 3.97. The van der Waals surface area contributed by atoms with Gasteiger partial charge in [-0.1, -0.05) is 30.3 Å². The Balaban J connectivity index is 2.63. The SMILES string of the molecule is C=NCc1c(OCC)ccc2ccccc12. The molecule has 0 fully saturated rings. The maximum Gasteiger partial charge on any atom is 0.124 e. The van der Waals surface area contributed by atoms with Crippen LogP contribution in [-0.2, 0) is 6.54 Å². The third-order valence-corrected chi connectivity index (χ3v) is 2.57. The third kappa shape index (κ3) is 1.91. The monoisotopic (exact) mass is 213 g/mol. The van der Waals surface area contributed by atoms with Gasteiger partial charge < -0.3 is 4.74 Å². The van der Waals surface area contributed by atoms with Crippen molar-refractivity contribution in [1.29, 1.82) is 0 Å². The van der Waals surface area contributed by atoms with Gasteiger partial charge in [0.2, 0.25) is 0 Å². The number of nitrogens with zero attached hydrogens (tertiary/aromatic N) is 1. The maximum atomic E-state index is 5.61. The number of rotatable bonds is 4. The Hall–Kier alpha value is -1.83. The number of fused-ring (bicyclic) bond motifs is 1. The second-order valence-electron chi connectivity index (χ2n) is 3.58. The fourth-order valence-corrected chi connectivity index (χ4v) is 1.88. The minimum atomic E-state index is 0.594. The summed E-state index contributed by atoms with van der Waals surface area (Å²) in [5.74, 6) is 0.911. The molecule has 2 nitrogen and oxygen atoms in total. The molecule has 0 aliphatic heterocycles. The van der Waals surface area contributed by atoms with Crippen LogP contribution in [0.25, 0.3) is 10.8 Å². The van der Waals surface area contributed by atoms with E-state index in [1.54, 1.807) is 0 Å². The normalized spacial score (nSPS) is 10.3. The number of ether oxygens (including phenoxy) is 1. The molecule has 16 heavy (non-hydrogen) atoms. The second-order valence-corrected chi connectivity index (χ2v) is 3.58. The quantitative estimate of drug-likeness (QED) is 0.713. The summed E-state index contributed by atoms with van der Waals surface area (Å²) in [6.07, 6.45) is 0. The van der Waals surface area contributed by atoms with Crippen molar-refractivity contribution in [3.8, 4) is 5.75 Å². The highest BCUT2D eigenvalue weighted by Crippen LogP contribution is 2.28. The highest BCUT2D eigenvalue weighted by atomic mass is 16.5. The van der Waals surface area contributed by atoms with Crippen molar-refractivity contribution < 1.29 is 4.74 Å². The van der Waals surface area contributed by atoms with Gasteiger partial charge in [-0.15, -0.1) is 0 Å². The fraction of sp³-hybridized carbons (Fsp3) is 0.214. The van der Waals surface area contributed by atoms with Crippen LogP contribution in [0.3, 0.4) is 0 Å². The topological polar surface area (TPSA) is 21.6 Å². The first-order valence-electron chi connectivity index (χ1n) is 5.42. The van der Waals surface area contributed by atoms with Gasteiger partial charge in [-0.3, -0.25) is 4.99 Å². The lowest BCUT2D eigenvalue weighted by molar-refractivity contribution is 0.337. The van der Waals surface area contributed by atoms with Crippen molar-refractivity contribution >= 4 is 17.5 Å². The molecule has 0 aromatic heterocycles. The van der Waals surface area contributed by atoms with E-state index < -0.39 is 0 Å². The number of hydrogen-bond acceptors (Lipinski definition) is 2. The number of benzene rings is 2. The van der Waals surface area contributed by atoms with Gasteiger partial charge in [-0.2, -0.15) is 0 Å². The van der Waals surface area contributed by atoms with Crippen molar-refractivity contribution in [2.75, 3.05) is 6.61 Å². The molecule has 0 aliphatic carbocycles. The van der Waals surface area contributed by atoms with Crippen LogP contribution in [0.2, 0.25) is 0 Å². The molecule has 2 heteroatoms. The Morgan fingerprint density at radius 3 is 2.75 bits per heavy atom. The van der Waals surface area contributed by atoms with E-state index >= 15 is 0 Å². The van der Waals surface area contributed by atoms with Crippen LogP contribution >= 0.6 is 0 Å². The zero-order chi connectivity index (χ0) is 11.4. The molecule has 0 radical (unpaired) electrons. The maximum absolute atomic E-state index is 5.61. The van der Waals surface area contributed by atoms with Crippen LogP contribution in [0, 0.1) is 0 Å². The Morgan fingerprint density at radius 1 is 1.19 bits per heavy atom. The van der Waals surface area contributed by atoms with Crippen molar-refractivity contribution in [3.05, 3.63) is 42.0 Å². The molecule has 0 aliphatic rings. The smallest absolute Gasteiger partial charge is 0.124 e. The highest BCUT2D eigenvalue weighted by Gasteiger charge is 2.07. The van der Waals surface area contributed by atoms with Gasteiger partial charge in [0.25, 0.3) is 0 Å². The van der Waals surface area contributed by atoms with E-state index in [9.17, 15) is 0 Å². The van der Waals surface area contributed by atoms with E-state index in [2.05, 4.69) is 29.9 Å². The number of aliphatic imine (C=N–C) groups is 1. The fourth-order valence-electron chi connectivity index (χ4n) is 1.88. The predicted molar refractivity (Wildman–Crippen MR) is 68.4 cm³/mol. The van der Waals surface area contributed by atoms with Crippen molar-refractivity contribution in [3.63, 3.8) is 0 Å². The molecule has 0 bridgehead atoms. The van der Waals surface area contributed by atoms with E-state index in [-0.39, 0.29) is 0 Å². The molecule has 82 valence electrons. The first-order valence-corrected chi connectivity index (χ1v) is 5.42. The first kappa shape index (κ1) is 10.7. The molecule has 0 saturated carbocycles. The van der Waals surface area contributed by atoms with Crippen molar-refractivity contribution in [2.24, 2.45) is 4.99 Å². The minimum absolute atomic E-state index is 0.594. The second kappa shape index (κ2) is 4.79. The van der Waals surface area contributed by atoms with Gasteiger partial charge in [-0.05, 0) is 30.5 Å². The molecule has 0 atom stereocenters. The van der Waals surface area contributed by atoms with Gasteiger partial charge in [-0.25, -0.2) is 0 Å². The minimum Gasteiger partial charge on any atom is -0.494 e. The van der Waals surface area contributed by atoms with E-state index in [0.717, 1.165) is 11.3 Å². The first-order chi connectivity index (χ1) is 7.86. The summed E-state index contributed by atoms with van der Waals surface area (Å²) in [5, 5.41) is 2.41. The summed E-state index contributed by atoms with van der Waals surface area (Å²) in [7, 11) is 0. The lowest BCUT2D eigenvalue weighted by Crippen LogP contribution is -1.97.